The number of rotatable bonds is 5. The SMILES string of the molecule is [Ir+3].[c-]1c(-c2[c-]c(-c3cncc(-c4[c-]c(-c5cnccn5)ccc4)n3)ccc2)cccc1-c1cnccn1. The van der Waals surface area contributed by atoms with Crippen molar-refractivity contribution in [1.29, 1.82) is 0 Å². The van der Waals surface area contributed by atoms with Gasteiger partial charge in [-0.25, -0.2) is 0 Å². The first kappa shape index (κ1) is 24.3. The number of hydrogen-bond acceptors (Lipinski definition) is 6. The molecule has 176 valence electrons. The molecule has 0 bridgehead atoms. The minimum absolute atomic E-state index is 0. The second kappa shape index (κ2) is 11.1. The molecule has 0 radical (unpaired) electrons. The van der Waals surface area contributed by atoms with Crippen LogP contribution in [0.3, 0.4) is 0 Å². The van der Waals surface area contributed by atoms with Crippen molar-refractivity contribution in [3.63, 3.8) is 0 Å². The number of aromatic nitrogens is 6. The molecule has 3 aromatic carbocycles. The molecule has 0 saturated carbocycles. The van der Waals surface area contributed by atoms with Crippen molar-refractivity contribution >= 4 is 0 Å². The quantitative estimate of drug-likeness (QED) is 0.220. The first-order valence-electron chi connectivity index (χ1n) is 11.3. The molecule has 0 aliphatic rings. The molecule has 3 heterocycles. The van der Waals surface area contributed by atoms with Crippen molar-refractivity contribution in [3.8, 4) is 56.2 Å². The van der Waals surface area contributed by atoms with E-state index in [4.69, 9.17) is 4.98 Å². The average molecular weight is 654 g/mol. The van der Waals surface area contributed by atoms with Crippen molar-refractivity contribution in [2.45, 2.75) is 0 Å². The Morgan fingerprint density at radius 2 is 0.784 bits per heavy atom. The third-order valence-electron chi connectivity index (χ3n) is 5.54. The van der Waals surface area contributed by atoms with Gasteiger partial charge in [-0.15, -0.1) is 59.7 Å². The van der Waals surface area contributed by atoms with Crippen LogP contribution in [0.15, 0.2) is 104 Å². The van der Waals surface area contributed by atoms with Crippen molar-refractivity contribution in [3.05, 3.63) is 122 Å². The van der Waals surface area contributed by atoms with Gasteiger partial charge in [0.2, 0.25) is 0 Å². The van der Waals surface area contributed by atoms with E-state index in [9.17, 15) is 0 Å². The van der Waals surface area contributed by atoms with Gasteiger partial charge in [0.25, 0.3) is 0 Å². The Morgan fingerprint density at radius 3 is 1.22 bits per heavy atom. The normalized spacial score (nSPS) is 10.5. The number of benzene rings is 3. The molecular weight excluding hydrogens is 637 g/mol. The van der Waals surface area contributed by atoms with E-state index < -0.39 is 0 Å². The van der Waals surface area contributed by atoms with Crippen LogP contribution in [0.2, 0.25) is 0 Å². The molecule has 3 aromatic heterocycles. The standard InChI is InChI=1S/C30H17N6.Ir/c1-4-21(14-23(6-1)27-17-31-10-12-34-27)22-5-2-8-25(15-22)29-19-33-20-30(36-29)26-9-3-7-24(16-26)28-18-32-11-13-35-28;/h1-13,17-20H;/q-3;+3. The Labute approximate surface area is 228 Å². The Morgan fingerprint density at radius 1 is 0.405 bits per heavy atom. The summed E-state index contributed by atoms with van der Waals surface area (Å²) >= 11 is 0. The van der Waals surface area contributed by atoms with Gasteiger partial charge in [0.1, 0.15) is 0 Å². The van der Waals surface area contributed by atoms with Crippen LogP contribution in [0.4, 0.5) is 0 Å². The van der Waals surface area contributed by atoms with Gasteiger partial charge >= 0.3 is 20.1 Å². The Bertz CT molecular complexity index is 1520. The van der Waals surface area contributed by atoms with Crippen molar-refractivity contribution in [2.75, 3.05) is 0 Å². The summed E-state index contributed by atoms with van der Waals surface area (Å²) in [6.07, 6.45) is 13.6. The maximum atomic E-state index is 4.86. The molecule has 0 unspecified atom stereocenters. The zero-order valence-electron chi connectivity index (χ0n) is 19.3. The first-order chi connectivity index (χ1) is 17.8. The van der Waals surface area contributed by atoms with Crippen molar-refractivity contribution in [2.24, 2.45) is 0 Å². The molecule has 0 aliphatic heterocycles. The predicted molar refractivity (Wildman–Crippen MR) is 137 cm³/mol. The summed E-state index contributed by atoms with van der Waals surface area (Å²) in [6, 6.07) is 28.1. The summed E-state index contributed by atoms with van der Waals surface area (Å²) in [6.45, 7) is 0. The molecular formula is C30H17IrN6. The molecule has 0 N–H and O–H groups in total. The van der Waals surface area contributed by atoms with Crippen LogP contribution >= 0.6 is 0 Å². The number of hydrogen-bond donors (Lipinski definition) is 0. The third-order valence-corrected chi connectivity index (χ3v) is 5.54. The van der Waals surface area contributed by atoms with E-state index in [1.807, 2.05) is 54.6 Å². The molecule has 0 spiro atoms. The average Bonchev–Trinajstić information content (AvgIpc) is 2.98. The Balaban J connectivity index is 0.00000280. The van der Waals surface area contributed by atoms with E-state index in [-0.39, 0.29) is 20.1 Å². The molecule has 0 fully saturated rings. The summed E-state index contributed by atoms with van der Waals surface area (Å²) in [4.78, 5) is 26.4. The summed E-state index contributed by atoms with van der Waals surface area (Å²) < 4.78 is 0. The van der Waals surface area contributed by atoms with Gasteiger partial charge in [-0.2, -0.15) is 35.4 Å². The smallest absolute Gasteiger partial charge is 0.322 e. The van der Waals surface area contributed by atoms with Gasteiger partial charge < -0.3 is 4.98 Å². The fourth-order valence-corrected chi connectivity index (χ4v) is 3.82. The fourth-order valence-electron chi connectivity index (χ4n) is 3.82. The Hall–Kier alpha value is -4.45. The monoisotopic (exact) mass is 654 g/mol. The second-order valence-electron chi connectivity index (χ2n) is 7.91. The zero-order valence-corrected chi connectivity index (χ0v) is 21.7. The molecule has 6 nitrogen and oxygen atoms in total. The van der Waals surface area contributed by atoms with Gasteiger partial charge in [0, 0.05) is 72.4 Å². The van der Waals surface area contributed by atoms with E-state index in [0.29, 0.717) is 5.69 Å². The van der Waals surface area contributed by atoms with Crippen LogP contribution in [0, 0.1) is 18.2 Å². The van der Waals surface area contributed by atoms with Crippen LogP contribution < -0.4 is 0 Å². The molecule has 6 aromatic rings. The van der Waals surface area contributed by atoms with Gasteiger partial charge in [-0.1, -0.05) is 11.1 Å². The minimum atomic E-state index is 0. The maximum Gasteiger partial charge on any atom is 3.00 e. The van der Waals surface area contributed by atoms with Crippen molar-refractivity contribution in [1.82, 2.24) is 29.9 Å². The van der Waals surface area contributed by atoms with Crippen LogP contribution in [-0.4, -0.2) is 29.9 Å². The van der Waals surface area contributed by atoms with Crippen molar-refractivity contribution < 1.29 is 20.1 Å². The van der Waals surface area contributed by atoms with Gasteiger partial charge in [0.05, 0.1) is 0 Å². The molecule has 7 heteroatoms. The molecule has 0 aliphatic carbocycles. The molecule has 0 saturated heterocycles. The van der Waals surface area contributed by atoms with E-state index in [1.54, 1.807) is 49.6 Å². The zero-order chi connectivity index (χ0) is 24.2. The van der Waals surface area contributed by atoms with E-state index >= 15 is 0 Å². The largest absolute Gasteiger partial charge is 3.00 e. The number of nitrogens with zero attached hydrogens (tertiary/aromatic N) is 6. The topological polar surface area (TPSA) is 77.3 Å². The summed E-state index contributed by atoms with van der Waals surface area (Å²) in [5.41, 5.74) is 8.17. The van der Waals surface area contributed by atoms with Gasteiger partial charge in [-0.05, 0) is 0 Å². The third kappa shape index (κ3) is 5.38. The Kier molecular flexibility index (Phi) is 7.26. The maximum absolute atomic E-state index is 4.86. The van der Waals surface area contributed by atoms with Crippen LogP contribution in [0.1, 0.15) is 0 Å². The summed E-state index contributed by atoms with van der Waals surface area (Å²) in [5, 5.41) is 0. The minimum Gasteiger partial charge on any atom is -0.322 e. The van der Waals surface area contributed by atoms with Gasteiger partial charge in [0.15, 0.2) is 0 Å². The predicted octanol–water partition coefficient (Wildman–Crippen LogP) is 5.79. The van der Waals surface area contributed by atoms with E-state index in [0.717, 1.165) is 50.5 Å². The van der Waals surface area contributed by atoms with Gasteiger partial charge in [-0.3, -0.25) is 24.9 Å². The second-order valence-corrected chi connectivity index (χ2v) is 7.91. The van der Waals surface area contributed by atoms with Crippen LogP contribution in [0.5, 0.6) is 0 Å². The first-order valence-corrected chi connectivity index (χ1v) is 11.3. The molecule has 0 amide bonds. The summed E-state index contributed by atoms with van der Waals surface area (Å²) in [5.74, 6) is 0. The molecule has 6 rings (SSSR count). The van der Waals surface area contributed by atoms with E-state index in [1.165, 1.54) is 0 Å². The van der Waals surface area contributed by atoms with Crippen LogP contribution in [-0.2, 0) is 20.1 Å². The van der Waals surface area contributed by atoms with Crippen LogP contribution in [0.25, 0.3) is 56.2 Å². The molecule has 37 heavy (non-hydrogen) atoms. The molecule has 0 atom stereocenters. The van der Waals surface area contributed by atoms with E-state index in [2.05, 4.69) is 43.1 Å². The summed E-state index contributed by atoms with van der Waals surface area (Å²) in [7, 11) is 0. The fraction of sp³-hybridized carbons (Fsp3) is 0.